The summed E-state index contributed by atoms with van der Waals surface area (Å²) >= 11 is 0. The molecule has 1 aromatic rings. The minimum atomic E-state index is -0.388. The van der Waals surface area contributed by atoms with Crippen LogP contribution >= 0.6 is 0 Å². The zero-order chi connectivity index (χ0) is 14.1. The first-order valence-corrected chi connectivity index (χ1v) is 6.82. The number of rotatable bonds is 3. The smallest absolute Gasteiger partial charge is 0.318 e. The standard InChI is InChI=1S/C17H16O3/c1-2-12-10-13(9-8-11-6-4-3-5-7-11)15-14(12)16(18)20-17(15)19/h2-9,12-15H,1,10H2/t12-,13?,14+,15?/m1/s1. The fourth-order valence-electron chi connectivity index (χ4n) is 3.26. The highest BCUT2D eigenvalue weighted by Crippen LogP contribution is 2.47. The fraction of sp³-hybridized carbons (Fsp3) is 0.294. The van der Waals surface area contributed by atoms with E-state index in [1.807, 2.05) is 42.5 Å². The van der Waals surface area contributed by atoms with E-state index in [-0.39, 0.29) is 35.6 Å². The summed E-state index contributed by atoms with van der Waals surface area (Å²) in [6, 6.07) is 9.91. The lowest BCUT2D eigenvalue weighted by atomic mass is 9.89. The molecule has 2 aliphatic rings. The number of esters is 2. The Hall–Kier alpha value is -2.16. The molecule has 0 aromatic heterocycles. The van der Waals surface area contributed by atoms with Crippen LogP contribution < -0.4 is 0 Å². The molecule has 102 valence electrons. The zero-order valence-corrected chi connectivity index (χ0v) is 11.1. The highest BCUT2D eigenvalue weighted by molar-refractivity contribution is 5.97. The number of carbonyl (C=O) groups is 2. The van der Waals surface area contributed by atoms with Gasteiger partial charge in [-0.2, -0.15) is 0 Å². The Labute approximate surface area is 117 Å². The van der Waals surface area contributed by atoms with Crippen LogP contribution in [0, 0.1) is 23.7 Å². The number of carbonyl (C=O) groups excluding carboxylic acids is 2. The molecule has 3 heteroatoms. The van der Waals surface area contributed by atoms with Gasteiger partial charge in [0.05, 0.1) is 11.8 Å². The first-order valence-electron chi connectivity index (χ1n) is 6.82. The number of ether oxygens (including phenoxy) is 1. The maximum Gasteiger partial charge on any atom is 0.318 e. The molecule has 1 saturated carbocycles. The molecule has 0 spiro atoms. The molecule has 4 atom stereocenters. The highest BCUT2D eigenvalue weighted by atomic mass is 16.6. The van der Waals surface area contributed by atoms with Crippen LogP contribution in [-0.4, -0.2) is 11.9 Å². The Bertz CT molecular complexity index is 573. The van der Waals surface area contributed by atoms with Crippen molar-refractivity contribution in [3.8, 4) is 0 Å². The second-order valence-electron chi connectivity index (χ2n) is 5.36. The molecule has 1 saturated heterocycles. The van der Waals surface area contributed by atoms with Gasteiger partial charge in [-0.3, -0.25) is 9.59 Å². The Morgan fingerprint density at radius 2 is 1.70 bits per heavy atom. The second kappa shape index (κ2) is 5.08. The van der Waals surface area contributed by atoms with Crippen molar-refractivity contribution < 1.29 is 14.3 Å². The third kappa shape index (κ3) is 2.09. The quantitative estimate of drug-likeness (QED) is 0.481. The van der Waals surface area contributed by atoms with Gasteiger partial charge in [-0.05, 0) is 23.8 Å². The molecule has 0 N–H and O–H groups in total. The van der Waals surface area contributed by atoms with E-state index in [0.29, 0.717) is 0 Å². The van der Waals surface area contributed by atoms with E-state index in [1.54, 1.807) is 6.08 Å². The Balaban J connectivity index is 1.84. The summed E-state index contributed by atoms with van der Waals surface area (Å²) in [6.45, 7) is 3.77. The van der Waals surface area contributed by atoms with E-state index in [9.17, 15) is 9.59 Å². The Morgan fingerprint density at radius 1 is 1.05 bits per heavy atom. The molecule has 1 aromatic carbocycles. The van der Waals surface area contributed by atoms with Crippen LogP contribution in [0.25, 0.3) is 6.08 Å². The summed E-state index contributed by atoms with van der Waals surface area (Å²) in [5.74, 6) is -1.38. The van der Waals surface area contributed by atoms with E-state index in [4.69, 9.17) is 4.74 Å². The largest absolute Gasteiger partial charge is 0.393 e. The second-order valence-corrected chi connectivity index (χ2v) is 5.36. The van der Waals surface area contributed by atoms with Gasteiger partial charge in [0.25, 0.3) is 0 Å². The minimum Gasteiger partial charge on any atom is -0.393 e. The van der Waals surface area contributed by atoms with Gasteiger partial charge in [-0.1, -0.05) is 48.6 Å². The Morgan fingerprint density at radius 3 is 2.35 bits per heavy atom. The molecule has 2 fully saturated rings. The molecule has 0 amide bonds. The first-order chi connectivity index (χ1) is 9.70. The van der Waals surface area contributed by atoms with Crippen molar-refractivity contribution in [2.45, 2.75) is 6.42 Å². The van der Waals surface area contributed by atoms with Crippen molar-refractivity contribution in [1.82, 2.24) is 0 Å². The molecule has 0 bridgehead atoms. The lowest BCUT2D eigenvalue weighted by Gasteiger charge is -2.08. The van der Waals surface area contributed by atoms with Crippen molar-refractivity contribution in [1.29, 1.82) is 0 Å². The molecule has 1 heterocycles. The molecule has 1 aliphatic carbocycles. The van der Waals surface area contributed by atoms with Crippen LogP contribution in [0.15, 0.2) is 49.1 Å². The van der Waals surface area contributed by atoms with Crippen molar-refractivity contribution >= 4 is 18.0 Å². The third-order valence-corrected chi connectivity index (χ3v) is 4.24. The molecule has 3 rings (SSSR count). The van der Waals surface area contributed by atoms with Gasteiger partial charge >= 0.3 is 11.9 Å². The minimum absolute atomic E-state index is 0.0318. The predicted octanol–water partition coefficient (Wildman–Crippen LogP) is 2.84. The van der Waals surface area contributed by atoms with Crippen molar-refractivity contribution in [2.75, 3.05) is 0 Å². The van der Waals surface area contributed by atoms with Gasteiger partial charge < -0.3 is 4.74 Å². The van der Waals surface area contributed by atoms with E-state index < -0.39 is 0 Å². The van der Waals surface area contributed by atoms with Gasteiger partial charge in [-0.25, -0.2) is 0 Å². The highest BCUT2D eigenvalue weighted by Gasteiger charge is 2.55. The summed E-state index contributed by atoms with van der Waals surface area (Å²) in [5.41, 5.74) is 1.09. The summed E-state index contributed by atoms with van der Waals surface area (Å²) < 4.78 is 4.78. The molecule has 0 radical (unpaired) electrons. The van der Waals surface area contributed by atoms with Crippen molar-refractivity contribution in [3.05, 3.63) is 54.6 Å². The molecule has 20 heavy (non-hydrogen) atoms. The topological polar surface area (TPSA) is 43.4 Å². The van der Waals surface area contributed by atoms with Crippen LogP contribution in [0.2, 0.25) is 0 Å². The first kappa shape index (κ1) is 12.9. The number of hydrogen-bond acceptors (Lipinski definition) is 3. The number of benzene rings is 1. The van der Waals surface area contributed by atoms with E-state index in [1.165, 1.54) is 0 Å². The molecular weight excluding hydrogens is 252 g/mol. The maximum absolute atomic E-state index is 11.8. The number of hydrogen-bond donors (Lipinski definition) is 0. The summed E-state index contributed by atoms with van der Waals surface area (Å²) in [7, 11) is 0. The van der Waals surface area contributed by atoms with Crippen LogP contribution in [0.5, 0.6) is 0 Å². The van der Waals surface area contributed by atoms with E-state index in [2.05, 4.69) is 6.58 Å². The fourth-order valence-corrected chi connectivity index (χ4v) is 3.26. The third-order valence-electron chi connectivity index (χ3n) is 4.24. The number of cyclic esters (lactones) is 2. The lowest BCUT2D eigenvalue weighted by molar-refractivity contribution is -0.154. The maximum atomic E-state index is 11.8. The van der Waals surface area contributed by atoms with Gasteiger partial charge in [0.15, 0.2) is 0 Å². The number of fused-ring (bicyclic) bond motifs is 1. The number of allylic oxidation sites excluding steroid dienone is 2. The van der Waals surface area contributed by atoms with Crippen LogP contribution in [0.4, 0.5) is 0 Å². The van der Waals surface area contributed by atoms with Crippen molar-refractivity contribution in [3.63, 3.8) is 0 Å². The van der Waals surface area contributed by atoms with E-state index >= 15 is 0 Å². The van der Waals surface area contributed by atoms with Gasteiger partial charge in [-0.15, -0.1) is 6.58 Å². The average molecular weight is 268 g/mol. The molecule has 3 nitrogen and oxygen atoms in total. The monoisotopic (exact) mass is 268 g/mol. The lowest BCUT2D eigenvalue weighted by Crippen LogP contribution is -2.19. The Kier molecular flexibility index (Phi) is 3.26. The summed E-state index contributed by atoms with van der Waals surface area (Å²) in [4.78, 5) is 23.6. The summed E-state index contributed by atoms with van der Waals surface area (Å²) in [6.07, 6.45) is 6.58. The average Bonchev–Trinajstić information content (AvgIpc) is 2.97. The van der Waals surface area contributed by atoms with Crippen LogP contribution in [-0.2, 0) is 14.3 Å². The predicted molar refractivity (Wildman–Crippen MR) is 75.3 cm³/mol. The molecule has 1 aliphatic heterocycles. The molecule has 2 unspecified atom stereocenters. The molecular formula is C17H16O3. The zero-order valence-electron chi connectivity index (χ0n) is 11.1. The van der Waals surface area contributed by atoms with E-state index in [0.717, 1.165) is 12.0 Å². The van der Waals surface area contributed by atoms with Gasteiger partial charge in [0, 0.05) is 0 Å². The summed E-state index contributed by atoms with van der Waals surface area (Å²) in [5, 5.41) is 0. The van der Waals surface area contributed by atoms with Gasteiger partial charge in [0.2, 0.25) is 0 Å². The van der Waals surface area contributed by atoms with Gasteiger partial charge in [0.1, 0.15) is 0 Å². The van der Waals surface area contributed by atoms with Crippen molar-refractivity contribution in [2.24, 2.45) is 23.7 Å². The van der Waals surface area contributed by atoms with Crippen LogP contribution in [0.1, 0.15) is 12.0 Å². The van der Waals surface area contributed by atoms with Crippen LogP contribution in [0.3, 0.4) is 0 Å². The normalized spacial score (nSPS) is 32.4. The SMILES string of the molecule is C=C[C@@H]1CC(C=Cc2ccccc2)C2C(=O)OC(=O)[C@H]21.